The largest absolute Gasteiger partial charge is 0.468 e. The molecule has 84 valence electrons. The van der Waals surface area contributed by atoms with Crippen molar-refractivity contribution in [2.24, 2.45) is 5.41 Å². The quantitative estimate of drug-likeness (QED) is 0.407. The number of ketones is 1. The highest BCUT2D eigenvalue weighted by molar-refractivity contribution is 6.06. The summed E-state index contributed by atoms with van der Waals surface area (Å²) in [5.74, 6) is -0.495. The van der Waals surface area contributed by atoms with Crippen molar-refractivity contribution < 1.29 is 14.3 Å². The number of hydrogen-bond donors (Lipinski definition) is 0. The van der Waals surface area contributed by atoms with Gasteiger partial charge in [-0.2, -0.15) is 0 Å². The summed E-state index contributed by atoms with van der Waals surface area (Å²) in [6.07, 6.45) is 5.17. The molecule has 1 aliphatic rings. The predicted octanol–water partition coefficient (Wildman–Crippen LogP) is 2.26. The highest BCUT2D eigenvalue weighted by Crippen LogP contribution is 2.41. The summed E-state index contributed by atoms with van der Waals surface area (Å²) >= 11 is 0. The maximum absolute atomic E-state index is 11.8. The van der Waals surface area contributed by atoms with Gasteiger partial charge in [-0.3, -0.25) is 9.59 Å². The van der Waals surface area contributed by atoms with E-state index in [1.807, 2.05) is 13.0 Å². The molecule has 0 aromatic rings. The van der Waals surface area contributed by atoms with Gasteiger partial charge in [0.25, 0.3) is 0 Å². The minimum atomic E-state index is -0.984. The Morgan fingerprint density at radius 3 is 2.67 bits per heavy atom. The molecule has 0 spiro atoms. The van der Waals surface area contributed by atoms with Crippen molar-refractivity contribution in [1.29, 1.82) is 0 Å². The van der Waals surface area contributed by atoms with Crippen molar-refractivity contribution in [3.63, 3.8) is 0 Å². The molecule has 0 heterocycles. The van der Waals surface area contributed by atoms with E-state index in [0.29, 0.717) is 6.42 Å². The molecule has 3 nitrogen and oxygen atoms in total. The number of ether oxygens (including phenoxy) is 1. The Hall–Kier alpha value is -1.12. The van der Waals surface area contributed by atoms with Crippen LogP contribution >= 0.6 is 0 Å². The second-order valence-electron chi connectivity index (χ2n) is 3.93. The third-order valence-corrected chi connectivity index (χ3v) is 3.21. The van der Waals surface area contributed by atoms with E-state index in [9.17, 15) is 9.59 Å². The highest BCUT2D eigenvalue weighted by Gasteiger charge is 2.47. The number of carbonyl (C=O) groups excluding carboxylic acids is 2. The van der Waals surface area contributed by atoms with Crippen LogP contribution in [-0.4, -0.2) is 18.9 Å². The molecular weight excluding hydrogens is 192 g/mol. The van der Waals surface area contributed by atoms with E-state index in [1.165, 1.54) is 14.0 Å². The zero-order valence-corrected chi connectivity index (χ0v) is 9.63. The summed E-state index contributed by atoms with van der Waals surface area (Å²) in [6, 6.07) is 0. The predicted molar refractivity (Wildman–Crippen MR) is 57.4 cm³/mol. The minimum absolute atomic E-state index is 0.0952. The first-order valence-electron chi connectivity index (χ1n) is 5.38. The molecule has 0 N–H and O–H groups in total. The molecule has 0 aromatic carbocycles. The lowest BCUT2D eigenvalue weighted by Crippen LogP contribution is -2.42. The van der Waals surface area contributed by atoms with Gasteiger partial charge in [0.2, 0.25) is 0 Å². The lowest BCUT2D eigenvalue weighted by atomic mass is 9.69. The zero-order valence-electron chi connectivity index (χ0n) is 9.63. The van der Waals surface area contributed by atoms with Crippen molar-refractivity contribution in [3.05, 3.63) is 11.6 Å². The molecule has 1 atom stereocenters. The van der Waals surface area contributed by atoms with Crippen molar-refractivity contribution in [2.75, 3.05) is 7.11 Å². The van der Waals surface area contributed by atoms with Crippen LogP contribution in [-0.2, 0) is 14.3 Å². The molecule has 1 rings (SSSR count). The van der Waals surface area contributed by atoms with E-state index in [4.69, 9.17) is 4.74 Å². The van der Waals surface area contributed by atoms with Crippen LogP contribution in [0.2, 0.25) is 0 Å². The van der Waals surface area contributed by atoms with Crippen molar-refractivity contribution in [2.45, 2.75) is 39.5 Å². The van der Waals surface area contributed by atoms with Gasteiger partial charge in [0, 0.05) is 0 Å². The molecule has 0 aliphatic heterocycles. The van der Waals surface area contributed by atoms with Crippen LogP contribution < -0.4 is 0 Å². The molecule has 0 radical (unpaired) electrons. The summed E-state index contributed by atoms with van der Waals surface area (Å²) in [5, 5.41) is 0. The monoisotopic (exact) mass is 210 g/mol. The van der Waals surface area contributed by atoms with Crippen LogP contribution in [0.15, 0.2) is 11.6 Å². The standard InChI is InChI=1S/C12H18O3/c1-4-10-7-5-6-8-12(10,9(2)13)11(14)15-3/h7H,4-6,8H2,1-3H3. The van der Waals surface area contributed by atoms with Crippen LogP contribution in [0.4, 0.5) is 0 Å². The smallest absolute Gasteiger partial charge is 0.323 e. The molecule has 0 bridgehead atoms. The summed E-state index contributed by atoms with van der Waals surface area (Å²) in [7, 11) is 1.34. The number of hydrogen-bond acceptors (Lipinski definition) is 3. The first kappa shape index (κ1) is 12.0. The number of methoxy groups -OCH3 is 1. The Kier molecular flexibility index (Phi) is 3.66. The van der Waals surface area contributed by atoms with Crippen molar-refractivity contribution in [3.8, 4) is 0 Å². The normalized spacial score (nSPS) is 25.7. The molecule has 1 unspecified atom stereocenters. The first-order chi connectivity index (χ1) is 7.09. The third-order valence-electron chi connectivity index (χ3n) is 3.21. The van der Waals surface area contributed by atoms with Crippen LogP contribution in [0.25, 0.3) is 0 Å². The molecule has 0 aromatic heterocycles. The number of esters is 1. The second kappa shape index (κ2) is 4.60. The van der Waals surface area contributed by atoms with Crippen molar-refractivity contribution in [1.82, 2.24) is 0 Å². The van der Waals surface area contributed by atoms with Gasteiger partial charge in [0.15, 0.2) is 5.78 Å². The SMILES string of the molecule is CCC1=CCCCC1(C(C)=O)C(=O)OC. The second-order valence-corrected chi connectivity index (χ2v) is 3.93. The first-order valence-corrected chi connectivity index (χ1v) is 5.38. The molecule has 1 aliphatic carbocycles. The maximum atomic E-state index is 11.8. The van der Waals surface area contributed by atoms with Gasteiger partial charge in [-0.1, -0.05) is 13.0 Å². The Morgan fingerprint density at radius 2 is 2.20 bits per heavy atom. The molecule has 3 heteroatoms. The van der Waals surface area contributed by atoms with Crippen LogP contribution in [0.3, 0.4) is 0 Å². The molecule has 0 fully saturated rings. The van der Waals surface area contributed by atoms with Gasteiger partial charge < -0.3 is 4.74 Å². The topological polar surface area (TPSA) is 43.4 Å². The maximum Gasteiger partial charge on any atom is 0.323 e. The Bertz CT molecular complexity index is 304. The van der Waals surface area contributed by atoms with Crippen LogP contribution in [0.1, 0.15) is 39.5 Å². The van der Waals surface area contributed by atoms with E-state index in [-0.39, 0.29) is 5.78 Å². The zero-order chi connectivity index (χ0) is 11.5. The molecule has 0 saturated heterocycles. The fraction of sp³-hybridized carbons (Fsp3) is 0.667. The van der Waals surface area contributed by atoms with Gasteiger partial charge in [0.1, 0.15) is 5.41 Å². The lowest BCUT2D eigenvalue weighted by Gasteiger charge is -2.33. The molecule has 0 saturated carbocycles. The summed E-state index contributed by atoms with van der Waals surface area (Å²) in [5.41, 5.74) is -0.0602. The molecular formula is C12H18O3. The fourth-order valence-corrected chi connectivity index (χ4v) is 2.38. The average Bonchev–Trinajstić information content (AvgIpc) is 2.27. The van der Waals surface area contributed by atoms with Gasteiger partial charge in [-0.25, -0.2) is 0 Å². The van der Waals surface area contributed by atoms with E-state index >= 15 is 0 Å². The van der Waals surface area contributed by atoms with Gasteiger partial charge >= 0.3 is 5.97 Å². The summed E-state index contributed by atoms with van der Waals surface area (Å²) in [6.45, 7) is 3.45. The van der Waals surface area contributed by atoms with Crippen LogP contribution in [0, 0.1) is 5.41 Å². The van der Waals surface area contributed by atoms with Crippen molar-refractivity contribution >= 4 is 11.8 Å². The Labute approximate surface area is 90.5 Å². The fourth-order valence-electron chi connectivity index (χ4n) is 2.38. The minimum Gasteiger partial charge on any atom is -0.468 e. The van der Waals surface area contributed by atoms with Crippen LogP contribution in [0.5, 0.6) is 0 Å². The number of rotatable bonds is 3. The summed E-state index contributed by atoms with van der Waals surface area (Å²) < 4.78 is 4.79. The van der Waals surface area contributed by atoms with E-state index in [1.54, 1.807) is 0 Å². The van der Waals surface area contributed by atoms with Gasteiger partial charge in [-0.05, 0) is 38.2 Å². The highest BCUT2D eigenvalue weighted by atomic mass is 16.5. The lowest BCUT2D eigenvalue weighted by molar-refractivity contribution is -0.155. The number of allylic oxidation sites excluding steroid dienone is 1. The van der Waals surface area contributed by atoms with Gasteiger partial charge in [0.05, 0.1) is 7.11 Å². The summed E-state index contributed by atoms with van der Waals surface area (Å²) in [4.78, 5) is 23.6. The number of Topliss-reactive ketones (excluding diaryl/α,β-unsaturated/α-hetero) is 1. The average molecular weight is 210 g/mol. The van der Waals surface area contributed by atoms with E-state index in [2.05, 4.69) is 0 Å². The number of carbonyl (C=O) groups is 2. The van der Waals surface area contributed by atoms with E-state index < -0.39 is 11.4 Å². The molecule has 15 heavy (non-hydrogen) atoms. The molecule has 0 amide bonds. The van der Waals surface area contributed by atoms with E-state index in [0.717, 1.165) is 24.8 Å². The Morgan fingerprint density at radius 1 is 1.53 bits per heavy atom. The Balaban J connectivity index is 3.19. The van der Waals surface area contributed by atoms with Gasteiger partial charge in [-0.15, -0.1) is 0 Å². The third kappa shape index (κ3) is 1.83.